The van der Waals surface area contributed by atoms with E-state index in [4.69, 9.17) is 5.11 Å². The van der Waals surface area contributed by atoms with Crippen LogP contribution in [0.4, 0.5) is 26.3 Å². The Morgan fingerprint density at radius 1 is 1.03 bits per heavy atom. The lowest BCUT2D eigenvalue weighted by atomic mass is 9.86. The van der Waals surface area contributed by atoms with Crippen molar-refractivity contribution >= 4 is 22.2 Å². The second kappa shape index (κ2) is 9.09. The van der Waals surface area contributed by atoms with Crippen LogP contribution in [0.5, 0.6) is 0 Å². The van der Waals surface area contributed by atoms with Gasteiger partial charge in [-0.25, -0.2) is 13.1 Å². The van der Waals surface area contributed by atoms with Crippen LogP contribution in [0.1, 0.15) is 49.7 Å². The van der Waals surface area contributed by atoms with E-state index in [-0.39, 0.29) is 31.0 Å². The van der Waals surface area contributed by atoms with Gasteiger partial charge in [0.05, 0.1) is 28.5 Å². The maximum absolute atomic E-state index is 13.1. The third kappa shape index (κ3) is 6.14. The molecule has 0 bridgehead atoms. The minimum absolute atomic E-state index is 0.138. The number of rotatable bonds is 5. The zero-order valence-electron chi connectivity index (χ0n) is 17.0. The highest BCUT2D eigenvalue weighted by atomic mass is 32.2. The number of benzene rings is 1. The molecule has 1 aromatic rings. The van der Waals surface area contributed by atoms with E-state index in [9.17, 15) is 39.6 Å². The number of hydrogen-bond acceptors (Lipinski definition) is 4. The van der Waals surface area contributed by atoms with Gasteiger partial charge in [-0.05, 0) is 55.9 Å². The van der Waals surface area contributed by atoms with Gasteiger partial charge in [-0.3, -0.25) is 9.79 Å². The summed E-state index contributed by atoms with van der Waals surface area (Å²) in [5.74, 6) is -1.04. The molecule has 2 atom stereocenters. The molecule has 0 fully saturated rings. The number of halogens is 6. The average molecular weight is 498 g/mol. The van der Waals surface area contributed by atoms with Crippen molar-refractivity contribution in [3.05, 3.63) is 40.5 Å². The van der Waals surface area contributed by atoms with Crippen molar-refractivity contribution in [2.45, 2.75) is 67.9 Å². The smallest absolute Gasteiger partial charge is 0.416 e. The molecular formula is C20H20F6N2O4S. The van der Waals surface area contributed by atoms with E-state index in [2.05, 4.69) is 9.71 Å². The Morgan fingerprint density at radius 3 is 2.18 bits per heavy atom. The fourth-order valence-corrected chi connectivity index (χ4v) is 5.25. The van der Waals surface area contributed by atoms with Crippen LogP contribution < -0.4 is 4.72 Å². The van der Waals surface area contributed by atoms with E-state index in [1.807, 2.05) is 0 Å². The van der Waals surface area contributed by atoms with Gasteiger partial charge < -0.3 is 5.11 Å². The Bertz CT molecular complexity index is 1060. The third-order valence-electron chi connectivity index (χ3n) is 5.54. The third-order valence-corrected chi connectivity index (χ3v) is 6.99. The lowest BCUT2D eigenvalue weighted by Gasteiger charge is -2.27. The lowest BCUT2D eigenvalue weighted by Crippen LogP contribution is -2.38. The topological polar surface area (TPSA) is 95.8 Å². The summed E-state index contributed by atoms with van der Waals surface area (Å²) in [6.07, 6.45) is -6.89. The summed E-state index contributed by atoms with van der Waals surface area (Å²) in [5, 5.41) is 8.97. The van der Waals surface area contributed by atoms with Crippen molar-refractivity contribution < 1.29 is 44.7 Å². The number of aliphatic imine (C=N–C) groups is 1. The van der Waals surface area contributed by atoms with Crippen LogP contribution in [0.2, 0.25) is 0 Å². The highest BCUT2D eigenvalue weighted by Crippen LogP contribution is 2.38. The summed E-state index contributed by atoms with van der Waals surface area (Å²) in [6.45, 7) is 0. The van der Waals surface area contributed by atoms with Crippen LogP contribution in [0, 0.1) is 0 Å². The Balaban J connectivity index is 1.95. The van der Waals surface area contributed by atoms with Gasteiger partial charge in [0.15, 0.2) is 0 Å². The van der Waals surface area contributed by atoms with E-state index >= 15 is 0 Å². The molecule has 2 unspecified atom stereocenters. The molecule has 0 amide bonds. The second-order valence-electron chi connectivity index (χ2n) is 7.94. The monoisotopic (exact) mass is 498 g/mol. The van der Waals surface area contributed by atoms with Gasteiger partial charge in [-0.15, -0.1) is 0 Å². The molecule has 182 valence electrons. The highest BCUT2D eigenvalue weighted by molar-refractivity contribution is 7.89. The molecule has 0 aromatic heterocycles. The summed E-state index contributed by atoms with van der Waals surface area (Å²) in [4.78, 5) is 14.0. The molecule has 2 aliphatic rings. The lowest BCUT2D eigenvalue weighted by molar-refractivity contribution is -0.143. The Morgan fingerprint density at radius 2 is 1.64 bits per heavy atom. The molecule has 0 saturated carbocycles. The number of carbonyl (C=O) groups is 1. The summed E-state index contributed by atoms with van der Waals surface area (Å²) >= 11 is 0. The molecule has 0 radical (unpaired) electrons. The molecule has 1 heterocycles. The minimum Gasteiger partial charge on any atom is -0.481 e. The zero-order valence-corrected chi connectivity index (χ0v) is 17.8. The number of alkyl halides is 6. The Labute approximate surface area is 185 Å². The van der Waals surface area contributed by atoms with Gasteiger partial charge in [0.25, 0.3) is 0 Å². The fraction of sp³-hybridized carbons (Fsp3) is 0.500. The molecule has 6 nitrogen and oxygen atoms in total. The standard InChI is InChI=1S/C20H20F6N2O4S/c21-19(22,23)12-6-13(20(24,25)26)8-15(7-12)33(31,32)28-17-3-1-2-11-4-5-14(9-18(29)30)27-10-16(11)17/h6-8,10,14,17,28H,1-5,9H2,(H,29,30). The van der Waals surface area contributed by atoms with E-state index in [0.717, 1.165) is 5.57 Å². The van der Waals surface area contributed by atoms with Crippen LogP contribution >= 0.6 is 0 Å². The predicted molar refractivity (Wildman–Crippen MR) is 105 cm³/mol. The first-order chi connectivity index (χ1) is 15.2. The molecule has 3 rings (SSSR count). The summed E-state index contributed by atoms with van der Waals surface area (Å²) in [7, 11) is -4.76. The van der Waals surface area contributed by atoms with Crippen LogP contribution in [-0.2, 0) is 27.2 Å². The molecular weight excluding hydrogens is 478 g/mol. The SMILES string of the molecule is O=C(O)CC1CCC2=C(C=N1)C(NS(=O)(=O)c1cc(C(F)(F)F)cc(C(F)(F)F)c1)CCC2. The van der Waals surface area contributed by atoms with Crippen LogP contribution in [-0.4, -0.2) is 37.8 Å². The molecule has 13 heteroatoms. The van der Waals surface area contributed by atoms with E-state index in [0.29, 0.717) is 31.3 Å². The molecule has 2 N–H and O–H groups in total. The number of carboxylic acid groups (broad SMARTS) is 1. The first-order valence-electron chi connectivity index (χ1n) is 9.95. The van der Waals surface area contributed by atoms with Crippen molar-refractivity contribution in [3.8, 4) is 0 Å². The van der Waals surface area contributed by atoms with E-state index < -0.39 is 56.5 Å². The van der Waals surface area contributed by atoms with Gasteiger partial charge in [-0.1, -0.05) is 5.57 Å². The number of nitrogens with one attached hydrogen (secondary N) is 1. The second-order valence-corrected chi connectivity index (χ2v) is 9.65. The molecule has 1 aliphatic heterocycles. The summed E-state index contributed by atoms with van der Waals surface area (Å²) in [6, 6.07) is -1.22. The summed E-state index contributed by atoms with van der Waals surface area (Å²) < 4.78 is 107. The van der Waals surface area contributed by atoms with Crippen molar-refractivity contribution in [1.29, 1.82) is 0 Å². The van der Waals surface area contributed by atoms with Gasteiger partial charge >= 0.3 is 18.3 Å². The maximum atomic E-state index is 13.1. The molecule has 33 heavy (non-hydrogen) atoms. The number of allylic oxidation sites excluding steroid dienone is 1. The van der Waals surface area contributed by atoms with Crippen molar-refractivity contribution in [2.24, 2.45) is 4.99 Å². The molecule has 1 aliphatic carbocycles. The number of nitrogens with zero attached hydrogens (tertiary/aromatic N) is 1. The van der Waals surface area contributed by atoms with Crippen molar-refractivity contribution in [3.63, 3.8) is 0 Å². The van der Waals surface area contributed by atoms with E-state index in [1.165, 1.54) is 6.21 Å². The van der Waals surface area contributed by atoms with Gasteiger partial charge in [0, 0.05) is 12.3 Å². The minimum atomic E-state index is -5.18. The Hall–Kier alpha value is -2.41. The van der Waals surface area contributed by atoms with Crippen LogP contribution in [0.15, 0.2) is 39.2 Å². The number of carboxylic acids is 1. The molecule has 0 spiro atoms. The normalized spacial score (nSPS) is 22.1. The highest BCUT2D eigenvalue weighted by Gasteiger charge is 2.39. The Kier molecular flexibility index (Phi) is 6.94. The average Bonchev–Trinajstić information content (AvgIpc) is 2.89. The molecule has 1 aromatic carbocycles. The van der Waals surface area contributed by atoms with Crippen molar-refractivity contribution in [2.75, 3.05) is 0 Å². The maximum Gasteiger partial charge on any atom is 0.416 e. The van der Waals surface area contributed by atoms with Crippen molar-refractivity contribution in [1.82, 2.24) is 4.72 Å². The number of aliphatic carboxylic acids is 1. The first kappa shape index (κ1) is 25.2. The fourth-order valence-electron chi connectivity index (χ4n) is 3.93. The van der Waals surface area contributed by atoms with E-state index in [1.54, 1.807) is 0 Å². The van der Waals surface area contributed by atoms with Gasteiger partial charge in [-0.2, -0.15) is 26.3 Å². The quantitative estimate of drug-likeness (QED) is 0.582. The van der Waals surface area contributed by atoms with Gasteiger partial charge in [0.2, 0.25) is 10.0 Å². The first-order valence-corrected chi connectivity index (χ1v) is 11.4. The number of sulfonamides is 1. The predicted octanol–water partition coefficient (Wildman–Crippen LogP) is 4.56. The zero-order chi connectivity index (χ0) is 24.6. The van der Waals surface area contributed by atoms with Crippen LogP contribution in [0.3, 0.4) is 0 Å². The van der Waals surface area contributed by atoms with Crippen LogP contribution in [0.25, 0.3) is 0 Å². The van der Waals surface area contributed by atoms with Gasteiger partial charge in [0.1, 0.15) is 0 Å². The summed E-state index contributed by atoms with van der Waals surface area (Å²) in [5.41, 5.74) is -2.14. The largest absolute Gasteiger partial charge is 0.481 e. The number of hydrogen-bond donors (Lipinski definition) is 2. The molecule has 0 saturated heterocycles.